The normalized spacial score (nSPS) is 26.3. The zero-order valence-corrected chi connectivity index (χ0v) is 16.9. The average Bonchev–Trinajstić information content (AvgIpc) is 2.93. The minimum atomic E-state index is -1.59. The second kappa shape index (κ2) is 6.93. The number of likely N-dealkylation sites (tertiary alicyclic amines) is 1. The molecule has 26 heavy (non-hydrogen) atoms. The summed E-state index contributed by atoms with van der Waals surface area (Å²) < 4.78 is 12.1. The van der Waals surface area contributed by atoms with Gasteiger partial charge in [-0.1, -0.05) is 24.0 Å². The van der Waals surface area contributed by atoms with Crippen LogP contribution in [0.5, 0.6) is 0 Å². The number of nitrogens with zero attached hydrogens (tertiary/aromatic N) is 1. The van der Waals surface area contributed by atoms with E-state index in [4.69, 9.17) is 9.31 Å². The Bertz CT molecular complexity index is 754. The summed E-state index contributed by atoms with van der Waals surface area (Å²) in [7, 11) is 1.20. The van der Waals surface area contributed by atoms with Gasteiger partial charge in [0.2, 0.25) is 5.60 Å². The summed E-state index contributed by atoms with van der Waals surface area (Å²) >= 11 is 0. The van der Waals surface area contributed by atoms with Crippen molar-refractivity contribution in [1.29, 1.82) is 0 Å². The predicted molar refractivity (Wildman–Crippen MR) is 107 cm³/mol. The third kappa shape index (κ3) is 3.65. The van der Waals surface area contributed by atoms with Crippen LogP contribution < -0.4 is 5.46 Å². The van der Waals surface area contributed by atoms with Gasteiger partial charge in [-0.05, 0) is 45.3 Å². The maximum Gasteiger partial charge on any atom is 0.494 e. The van der Waals surface area contributed by atoms with Crippen LogP contribution in [0.15, 0.2) is 24.3 Å². The summed E-state index contributed by atoms with van der Waals surface area (Å²) in [6, 6.07) is 7.52. The van der Waals surface area contributed by atoms with Crippen LogP contribution in [-0.2, 0) is 14.1 Å². The Morgan fingerprint density at radius 1 is 1.19 bits per heavy atom. The number of carbonyl (C=O) groups excluding carboxylic acids is 1. The number of rotatable bonds is 1. The molecular formula is C19H26BNO4S. The molecule has 2 saturated heterocycles. The van der Waals surface area contributed by atoms with Crippen molar-refractivity contribution in [1.82, 2.24) is 4.90 Å². The summed E-state index contributed by atoms with van der Waals surface area (Å²) in [5.74, 6) is 5.32. The van der Waals surface area contributed by atoms with Crippen LogP contribution in [0.3, 0.4) is 0 Å². The second-order valence-corrected chi connectivity index (χ2v) is 7.80. The molecule has 2 heterocycles. The summed E-state index contributed by atoms with van der Waals surface area (Å²) in [6.07, 6.45) is 0.326. The average molecular weight is 375 g/mol. The van der Waals surface area contributed by atoms with Crippen molar-refractivity contribution >= 4 is 32.0 Å². The van der Waals surface area contributed by atoms with Crippen LogP contribution >= 0.6 is 13.5 Å². The topological polar surface area (TPSA) is 59.0 Å². The van der Waals surface area contributed by atoms with Crippen molar-refractivity contribution in [2.24, 2.45) is 0 Å². The molecule has 1 amide bonds. The summed E-state index contributed by atoms with van der Waals surface area (Å²) in [5.41, 5.74) is -0.824. The van der Waals surface area contributed by atoms with Gasteiger partial charge in [0.25, 0.3) is 5.91 Å². The molecule has 0 radical (unpaired) electrons. The lowest BCUT2D eigenvalue weighted by Crippen LogP contribution is -2.41. The van der Waals surface area contributed by atoms with Crippen molar-refractivity contribution in [2.75, 3.05) is 13.6 Å². The summed E-state index contributed by atoms with van der Waals surface area (Å²) in [6.45, 7) is 8.55. The third-order valence-corrected chi connectivity index (χ3v) is 5.34. The Kier molecular flexibility index (Phi) is 5.56. The zero-order valence-electron chi connectivity index (χ0n) is 15.9. The lowest BCUT2D eigenvalue weighted by atomic mass is 9.78. The fourth-order valence-corrected chi connectivity index (χ4v) is 2.89. The molecule has 140 valence electrons. The number of hydrogen-bond donors (Lipinski definition) is 1. The van der Waals surface area contributed by atoms with E-state index in [0.29, 0.717) is 18.5 Å². The molecule has 1 atom stereocenters. The van der Waals surface area contributed by atoms with Crippen molar-refractivity contribution < 1.29 is 19.2 Å². The molecule has 2 fully saturated rings. The van der Waals surface area contributed by atoms with Crippen LogP contribution in [0.25, 0.3) is 0 Å². The van der Waals surface area contributed by atoms with Gasteiger partial charge in [-0.2, -0.15) is 13.5 Å². The summed E-state index contributed by atoms with van der Waals surface area (Å²) in [4.78, 5) is 13.5. The SMILES string of the molecule is CN1CC[C@@](O)(C#Cc2cccc(B3OC(C)(C)C(C)(C)O3)c2)C1=O.S. The predicted octanol–water partition coefficient (Wildman–Crippen LogP) is 1.04. The first-order valence-corrected chi connectivity index (χ1v) is 8.51. The molecule has 1 aromatic rings. The van der Waals surface area contributed by atoms with Crippen LogP contribution in [0.2, 0.25) is 0 Å². The standard InChI is InChI=1S/C19H24BNO4.H2S/c1-17(2)18(3,4)25-20(24-17)15-8-6-7-14(13-15)9-10-19(23)11-12-21(5)16(19)22;/h6-8,13,23H,11-12H2,1-5H3;1H2/t19-;/m0./s1. The van der Waals surface area contributed by atoms with E-state index in [1.165, 1.54) is 4.90 Å². The number of likely N-dealkylation sites (N-methyl/N-ethyl adjacent to an activating group) is 1. The number of carbonyl (C=O) groups is 1. The molecule has 0 saturated carbocycles. The zero-order chi connectivity index (χ0) is 18.5. The van der Waals surface area contributed by atoms with E-state index < -0.39 is 23.9 Å². The van der Waals surface area contributed by atoms with Gasteiger partial charge in [0.15, 0.2) is 0 Å². The lowest BCUT2D eigenvalue weighted by molar-refractivity contribution is -0.137. The Labute approximate surface area is 162 Å². The van der Waals surface area contributed by atoms with Gasteiger partial charge in [-0.15, -0.1) is 0 Å². The first-order valence-electron chi connectivity index (χ1n) is 8.51. The number of aliphatic hydroxyl groups is 1. The van der Waals surface area contributed by atoms with Gasteiger partial charge in [0.05, 0.1) is 11.2 Å². The van der Waals surface area contributed by atoms with Crippen LogP contribution in [0.1, 0.15) is 39.7 Å². The maximum absolute atomic E-state index is 12.0. The van der Waals surface area contributed by atoms with Crippen molar-refractivity contribution in [3.8, 4) is 11.8 Å². The first kappa shape index (κ1) is 20.9. The maximum atomic E-state index is 12.0. The van der Waals surface area contributed by atoms with E-state index in [0.717, 1.165) is 5.46 Å². The summed E-state index contributed by atoms with van der Waals surface area (Å²) in [5, 5.41) is 10.4. The molecule has 0 bridgehead atoms. The molecule has 2 aliphatic heterocycles. The largest absolute Gasteiger partial charge is 0.494 e. The van der Waals surface area contributed by atoms with Crippen molar-refractivity contribution in [3.63, 3.8) is 0 Å². The molecule has 5 nitrogen and oxygen atoms in total. The Morgan fingerprint density at radius 2 is 1.81 bits per heavy atom. The molecule has 1 N–H and O–H groups in total. The van der Waals surface area contributed by atoms with Crippen LogP contribution in [-0.4, -0.2) is 53.4 Å². The number of hydrogen-bond acceptors (Lipinski definition) is 4. The Balaban J connectivity index is 0.00000243. The second-order valence-electron chi connectivity index (χ2n) is 7.80. The third-order valence-electron chi connectivity index (χ3n) is 5.34. The molecule has 0 unspecified atom stereocenters. The van der Waals surface area contributed by atoms with E-state index >= 15 is 0 Å². The number of amides is 1. The monoisotopic (exact) mass is 375 g/mol. The van der Waals surface area contributed by atoms with Gasteiger partial charge in [-0.3, -0.25) is 4.79 Å². The van der Waals surface area contributed by atoms with Crippen molar-refractivity contribution in [3.05, 3.63) is 29.8 Å². The molecule has 7 heteroatoms. The fourth-order valence-electron chi connectivity index (χ4n) is 2.89. The highest BCUT2D eigenvalue weighted by Gasteiger charge is 2.51. The Hall–Kier alpha value is -1.46. The van der Waals surface area contributed by atoms with Gasteiger partial charge in [0.1, 0.15) is 0 Å². The van der Waals surface area contributed by atoms with E-state index in [-0.39, 0.29) is 19.4 Å². The quantitative estimate of drug-likeness (QED) is 0.589. The van der Waals surface area contributed by atoms with E-state index in [1.54, 1.807) is 7.05 Å². The molecule has 1 aromatic carbocycles. The number of benzene rings is 1. The molecule has 0 aromatic heterocycles. The lowest BCUT2D eigenvalue weighted by Gasteiger charge is -2.32. The molecule has 3 rings (SSSR count). The highest BCUT2D eigenvalue weighted by Crippen LogP contribution is 2.36. The van der Waals surface area contributed by atoms with E-state index in [2.05, 4.69) is 11.8 Å². The van der Waals surface area contributed by atoms with Crippen LogP contribution in [0.4, 0.5) is 0 Å². The first-order chi connectivity index (χ1) is 11.5. The van der Waals surface area contributed by atoms with E-state index in [1.807, 2.05) is 52.0 Å². The van der Waals surface area contributed by atoms with Gasteiger partial charge < -0.3 is 19.3 Å². The fraction of sp³-hybridized carbons (Fsp3) is 0.526. The molecule has 0 spiro atoms. The highest BCUT2D eigenvalue weighted by molar-refractivity contribution is 7.59. The minimum Gasteiger partial charge on any atom is -0.399 e. The van der Waals surface area contributed by atoms with E-state index in [9.17, 15) is 9.90 Å². The molecule has 2 aliphatic rings. The van der Waals surface area contributed by atoms with Gasteiger partial charge in [0, 0.05) is 25.6 Å². The highest BCUT2D eigenvalue weighted by atomic mass is 32.1. The van der Waals surface area contributed by atoms with Crippen molar-refractivity contribution in [2.45, 2.75) is 50.9 Å². The molecule has 0 aliphatic carbocycles. The minimum absolute atomic E-state index is 0. The van der Waals surface area contributed by atoms with Gasteiger partial charge in [-0.25, -0.2) is 0 Å². The van der Waals surface area contributed by atoms with Crippen LogP contribution in [0, 0.1) is 11.8 Å². The van der Waals surface area contributed by atoms with Gasteiger partial charge >= 0.3 is 7.12 Å². The Morgan fingerprint density at radius 3 is 2.35 bits per heavy atom. The smallest absolute Gasteiger partial charge is 0.399 e. The molecular weight excluding hydrogens is 349 g/mol.